The summed E-state index contributed by atoms with van der Waals surface area (Å²) in [7, 11) is 1.57. The van der Waals surface area contributed by atoms with Crippen molar-refractivity contribution in [3.8, 4) is 0 Å². The monoisotopic (exact) mass is 229 g/mol. The summed E-state index contributed by atoms with van der Waals surface area (Å²) < 4.78 is 0. The van der Waals surface area contributed by atoms with E-state index in [-0.39, 0.29) is 30.4 Å². The second-order valence-electron chi connectivity index (χ2n) is 3.80. The highest BCUT2D eigenvalue weighted by Gasteiger charge is 2.15. The van der Waals surface area contributed by atoms with Gasteiger partial charge in [-0.3, -0.25) is 14.9 Å². The topological polar surface area (TPSA) is 70.2 Å². The molecule has 0 aliphatic heterocycles. The third kappa shape index (κ3) is 5.70. The highest BCUT2D eigenvalue weighted by molar-refractivity contribution is 5.83. The summed E-state index contributed by atoms with van der Waals surface area (Å²) in [6, 6.07) is -0.130. The van der Waals surface area contributed by atoms with Crippen LogP contribution >= 0.6 is 0 Å². The van der Waals surface area contributed by atoms with E-state index in [1.54, 1.807) is 14.0 Å². The Bertz CT molecular complexity index is 227. The Morgan fingerprint density at radius 2 is 1.75 bits per heavy atom. The fraction of sp³-hybridized carbons (Fsp3) is 0.818. The van der Waals surface area contributed by atoms with Crippen LogP contribution in [0.5, 0.6) is 0 Å². The maximum atomic E-state index is 11.7. The SMILES string of the molecule is CCC(CC)NC(=O)C(C)NCC(=O)NC. The van der Waals surface area contributed by atoms with E-state index in [1.165, 1.54) is 0 Å². The Balaban J connectivity index is 3.94. The molecule has 5 nitrogen and oxygen atoms in total. The molecule has 0 aromatic carbocycles. The number of rotatable bonds is 7. The minimum atomic E-state index is -0.349. The molecule has 2 amide bonds. The van der Waals surface area contributed by atoms with Crippen LogP contribution in [0.15, 0.2) is 0 Å². The standard InChI is InChI=1S/C11H23N3O2/c1-5-9(6-2)14-11(16)8(3)13-7-10(15)12-4/h8-9,13H,5-7H2,1-4H3,(H,12,15)(H,14,16). The zero-order valence-corrected chi connectivity index (χ0v) is 10.6. The van der Waals surface area contributed by atoms with E-state index in [4.69, 9.17) is 0 Å². The van der Waals surface area contributed by atoms with Crippen LogP contribution in [0.25, 0.3) is 0 Å². The average molecular weight is 229 g/mol. The summed E-state index contributed by atoms with van der Waals surface area (Å²) >= 11 is 0. The first kappa shape index (κ1) is 14.9. The van der Waals surface area contributed by atoms with Gasteiger partial charge in [0.15, 0.2) is 0 Å². The first-order valence-corrected chi connectivity index (χ1v) is 5.79. The van der Waals surface area contributed by atoms with Gasteiger partial charge in [-0.25, -0.2) is 0 Å². The molecule has 3 N–H and O–H groups in total. The molecule has 0 aliphatic carbocycles. The molecule has 0 aromatic heterocycles. The van der Waals surface area contributed by atoms with Gasteiger partial charge in [-0.1, -0.05) is 13.8 Å². The molecule has 1 unspecified atom stereocenters. The number of carbonyl (C=O) groups is 2. The van der Waals surface area contributed by atoms with Crippen LogP contribution in [0.1, 0.15) is 33.6 Å². The lowest BCUT2D eigenvalue weighted by molar-refractivity contribution is -0.124. The molecule has 94 valence electrons. The normalized spacial score (nSPS) is 12.3. The minimum absolute atomic E-state index is 0.0578. The van der Waals surface area contributed by atoms with Gasteiger partial charge in [0.2, 0.25) is 11.8 Å². The van der Waals surface area contributed by atoms with Gasteiger partial charge in [-0.2, -0.15) is 0 Å². The van der Waals surface area contributed by atoms with Crippen molar-refractivity contribution in [2.24, 2.45) is 0 Å². The van der Waals surface area contributed by atoms with Crippen molar-refractivity contribution in [2.45, 2.75) is 45.7 Å². The quantitative estimate of drug-likeness (QED) is 0.576. The third-order valence-corrected chi connectivity index (χ3v) is 2.57. The van der Waals surface area contributed by atoms with E-state index < -0.39 is 0 Å². The molecule has 16 heavy (non-hydrogen) atoms. The zero-order valence-electron chi connectivity index (χ0n) is 10.6. The van der Waals surface area contributed by atoms with Crippen molar-refractivity contribution < 1.29 is 9.59 Å². The molecule has 0 fully saturated rings. The first-order chi connectivity index (χ1) is 7.54. The molecular formula is C11H23N3O2. The molecule has 0 saturated heterocycles. The van der Waals surface area contributed by atoms with Crippen molar-refractivity contribution in [3.63, 3.8) is 0 Å². The van der Waals surface area contributed by atoms with E-state index in [1.807, 2.05) is 13.8 Å². The highest BCUT2D eigenvalue weighted by Crippen LogP contribution is 1.96. The van der Waals surface area contributed by atoms with Crippen molar-refractivity contribution in [3.05, 3.63) is 0 Å². The van der Waals surface area contributed by atoms with Crippen LogP contribution in [-0.2, 0) is 9.59 Å². The fourth-order valence-corrected chi connectivity index (χ4v) is 1.25. The molecule has 0 aliphatic rings. The van der Waals surface area contributed by atoms with E-state index in [0.29, 0.717) is 0 Å². The van der Waals surface area contributed by atoms with Gasteiger partial charge in [0.25, 0.3) is 0 Å². The van der Waals surface area contributed by atoms with Gasteiger partial charge in [-0.15, -0.1) is 0 Å². The number of hydrogen-bond acceptors (Lipinski definition) is 3. The Hall–Kier alpha value is -1.10. The largest absolute Gasteiger partial charge is 0.358 e. The van der Waals surface area contributed by atoms with Gasteiger partial charge in [-0.05, 0) is 19.8 Å². The molecule has 0 bridgehead atoms. The van der Waals surface area contributed by atoms with Gasteiger partial charge in [0.05, 0.1) is 12.6 Å². The van der Waals surface area contributed by atoms with Gasteiger partial charge in [0.1, 0.15) is 0 Å². The zero-order chi connectivity index (χ0) is 12.6. The Morgan fingerprint density at radius 1 is 1.19 bits per heavy atom. The van der Waals surface area contributed by atoms with E-state index in [0.717, 1.165) is 12.8 Å². The Kier molecular flexibility index (Phi) is 7.54. The van der Waals surface area contributed by atoms with Crippen LogP contribution in [-0.4, -0.2) is 37.5 Å². The molecular weight excluding hydrogens is 206 g/mol. The molecule has 0 heterocycles. The van der Waals surface area contributed by atoms with Crippen LogP contribution in [0.3, 0.4) is 0 Å². The smallest absolute Gasteiger partial charge is 0.237 e. The van der Waals surface area contributed by atoms with E-state index >= 15 is 0 Å². The number of likely N-dealkylation sites (N-methyl/N-ethyl adjacent to an activating group) is 1. The second kappa shape index (κ2) is 8.10. The van der Waals surface area contributed by atoms with E-state index in [9.17, 15) is 9.59 Å². The van der Waals surface area contributed by atoms with Gasteiger partial charge in [0, 0.05) is 13.1 Å². The lowest BCUT2D eigenvalue weighted by Crippen LogP contribution is -2.48. The lowest BCUT2D eigenvalue weighted by atomic mass is 10.1. The summed E-state index contributed by atoms with van der Waals surface area (Å²) in [5.41, 5.74) is 0. The molecule has 0 radical (unpaired) electrons. The summed E-state index contributed by atoms with van der Waals surface area (Å²) in [6.07, 6.45) is 1.84. The van der Waals surface area contributed by atoms with Crippen LogP contribution < -0.4 is 16.0 Å². The highest BCUT2D eigenvalue weighted by atomic mass is 16.2. The fourth-order valence-electron chi connectivity index (χ4n) is 1.25. The molecule has 5 heteroatoms. The first-order valence-electron chi connectivity index (χ1n) is 5.79. The molecule has 0 rings (SSSR count). The molecule has 0 aromatic rings. The molecule has 1 atom stereocenters. The number of hydrogen-bond donors (Lipinski definition) is 3. The number of carbonyl (C=O) groups excluding carboxylic acids is 2. The maximum absolute atomic E-state index is 11.7. The van der Waals surface area contributed by atoms with Gasteiger partial charge >= 0.3 is 0 Å². The number of nitrogens with one attached hydrogen (secondary N) is 3. The van der Waals surface area contributed by atoms with Gasteiger partial charge < -0.3 is 10.6 Å². The van der Waals surface area contributed by atoms with Crippen molar-refractivity contribution in [1.29, 1.82) is 0 Å². The Morgan fingerprint density at radius 3 is 2.19 bits per heavy atom. The average Bonchev–Trinajstić information content (AvgIpc) is 2.31. The summed E-state index contributed by atoms with van der Waals surface area (Å²) in [4.78, 5) is 22.6. The lowest BCUT2D eigenvalue weighted by Gasteiger charge is -2.19. The molecule has 0 spiro atoms. The Labute approximate surface area is 97.4 Å². The second-order valence-corrected chi connectivity index (χ2v) is 3.80. The van der Waals surface area contributed by atoms with Crippen LogP contribution in [0, 0.1) is 0 Å². The number of amides is 2. The predicted molar refractivity (Wildman–Crippen MR) is 64.0 cm³/mol. The summed E-state index contributed by atoms with van der Waals surface area (Å²) in [5.74, 6) is -0.181. The maximum Gasteiger partial charge on any atom is 0.237 e. The summed E-state index contributed by atoms with van der Waals surface area (Å²) in [5, 5.41) is 8.28. The third-order valence-electron chi connectivity index (χ3n) is 2.57. The van der Waals surface area contributed by atoms with Crippen molar-refractivity contribution in [2.75, 3.05) is 13.6 Å². The molecule has 0 saturated carbocycles. The van der Waals surface area contributed by atoms with Crippen LogP contribution in [0.2, 0.25) is 0 Å². The van der Waals surface area contributed by atoms with E-state index in [2.05, 4.69) is 16.0 Å². The van der Waals surface area contributed by atoms with Crippen molar-refractivity contribution in [1.82, 2.24) is 16.0 Å². The minimum Gasteiger partial charge on any atom is -0.358 e. The summed E-state index contributed by atoms with van der Waals surface area (Å²) in [6.45, 7) is 5.99. The van der Waals surface area contributed by atoms with Crippen molar-refractivity contribution >= 4 is 11.8 Å². The predicted octanol–water partition coefficient (Wildman–Crippen LogP) is 0.0153. The van der Waals surface area contributed by atoms with Crippen LogP contribution in [0.4, 0.5) is 0 Å².